The van der Waals surface area contributed by atoms with Gasteiger partial charge in [-0.1, -0.05) is 91.9 Å². The second-order valence-electron chi connectivity index (χ2n) is 14.1. The van der Waals surface area contributed by atoms with Gasteiger partial charge in [0.1, 0.15) is 0 Å². The van der Waals surface area contributed by atoms with Crippen LogP contribution in [0.25, 0.3) is 0 Å². The van der Waals surface area contributed by atoms with Crippen LogP contribution in [0.1, 0.15) is 130 Å². The second-order valence-corrected chi connectivity index (χ2v) is 14.1. The third-order valence-electron chi connectivity index (χ3n) is 12.7. The van der Waals surface area contributed by atoms with Crippen LogP contribution in [0.3, 0.4) is 0 Å². The molecule has 0 spiro atoms. The molecule has 3 heteroatoms. The van der Waals surface area contributed by atoms with Crippen LogP contribution < -0.4 is 0 Å². The van der Waals surface area contributed by atoms with E-state index >= 15 is 4.79 Å². The zero-order valence-corrected chi connectivity index (χ0v) is 23.8. The molecular formula is C33H54O3. The van der Waals surface area contributed by atoms with Crippen molar-refractivity contribution < 1.29 is 14.3 Å². The number of Topliss-reactive ketones (excluding diaryl/α,β-unsaturated/α-hetero) is 1. The van der Waals surface area contributed by atoms with E-state index < -0.39 is 0 Å². The van der Waals surface area contributed by atoms with Crippen molar-refractivity contribution in [2.45, 2.75) is 155 Å². The lowest BCUT2D eigenvalue weighted by molar-refractivity contribution is -0.166. The number of ether oxygens (including phenoxy) is 2. The van der Waals surface area contributed by atoms with Gasteiger partial charge in [-0.15, -0.1) is 0 Å². The van der Waals surface area contributed by atoms with Gasteiger partial charge in [0.15, 0.2) is 5.78 Å². The van der Waals surface area contributed by atoms with Crippen molar-refractivity contribution >= 4 is 5.78 Å². The molecule has 12 atom stereocenters. The van der Waals surface area contributed by atoms with E-state index in [1.807, 2.05) is 0 Å². The first-order valence-electron chi connectivity index (χ1n) is 16.4. The Morgan fingerprint density at radius 2 is 1.17 bits per heavy atom. The van der Waals surface area contributed by atoms with E-state index in [0.717, 1.165) is 12.8 Å². The molecule has 6 saturated carbocycles. The molecule has 8 aliphatic rings. The summed E-state index contributed by atoms with van der Waals surface area (Å²) >= 11 is 0. The molecule has 2 saturated heterocycles. The number of unbranched alkanes of at least 4 members (excludes halogenated alkanes) is 4. The molecule has 0 radical (unpaired) electrons. The highest BCUT2D eigenvalue weighted by atomic mass is 16.6. The number of hydrogen-bond acceptors (Lipinski definition) is 3. The number of epoxide rings is 2. The van der Waals surface area contributed by atoms with Crippen molar-refractivity contribution in [3.8, 4) is 0 Å². The highest BCUT2D eigenvalue weighted by Crippen LogP contribution is 2.72. The monoisotopic (exact) mass is 498 g/mol. The Hall–Kier alpha value is -0.410. The molecule has 12 unspecified atom stereocenters. The van der Waals surface area contributed by atoms with Crippen molar-refractivity contribution in [3.05, 3.63) is 0 Å². The van der Waals surface area contributed by atoms with E-state index in [1.165, 1.54) is 89.9 Å². The lowest BCUT2D eigenvalue weighted by Gasteiger charge is -2.59. The molecule has 36 heavy (non-hydrogen) atoms. The normalized spacial score (nSPS) is 47.2. The lowest BCUT2D eigenvalue weighted by Crippen LogP contribution is -2.65. The maximum atomic E-state index is 15.5. The highest BCUT2D eigenvalue weighted by Gasteiger charge is 2.78. The molecule has 4 bridgehead atoms. The Labute approximate surface area is 221 Å². The standard InChI is InChI=1S/C33H54O3/c1-5-9-11-13-21(7-3)25-19-23-15-17-32(25,29-27(23)35-29)31(34)33-18-16-24(28-30(33)36-28)20-26(33)22(8-4)14-12-10-6-2/h21-30H,5-20H2,1-4H3. The fourth-order valence-corrected chi connectivity index (χ4v) is 10.8. The summed E-state index contributed by atoms with van der Waals surface area (Å²) in [5, 5.41) is 0. The molecular weight excluding hydrogens is 444 g/mol. The summed E-state index contributed by atoms with van der Waals surface area (Å²) in [4.78, 5) is 15.5. The topological polar surface area (TPSA) is 42.1 Å². The van der Waals surface area contributed by atoms with Crippen LogP contribution >= 0.6 is 0 Å². The average molecular weight is 499 g/mol. The highest BCUT2D eigenvalue weighted by molar-refractivity contribution is 5.94. The van der Waals surface area contributed by atoms with Gasteiger partial charge in [0.05, 0.1) is 35.2 Å². The zero-order valence-electron chi connectivity index (χ0n) is 23.8. The van der Waals surface area contributed by atoms with Gasteiger partial charge in [-0.05, 0) is 74.0 Å². The molecule has 8 fully saturated rings. The third-order valence-corrected chi connectivity index (χ3v) is 12.7. The minimum atomic E-state index is -0.215. The smallest absolute Gasteiger partial charge is 0.151 e. The number of carbonyl (C=O) groups excluding carboxylic acids is 1. The van der Waals surface area contributed by atoms with Crippen LogP contribution in [-0.4, -0.2) is 30.2 Å². The third kappa shape index (κ3) is 3.75. The van der Waals surface area contributed by atoms with Gasteiger partial charge < -0.3 is 9.47 Å². The first-order chi connectivity index (χ1) is 17.6. The fraction of sp³-hybridized carbons (Fsp3) is 0.970. The van der Waals surface area contributed by atoms with Gasteiger partial charge >= 0.3 is 0 Å². The van der Waals surface area contributed by atoms with E-state index in [2.05, 4.69) is 27.7 Å². The Bertz CT molecular complexity index is 745. The SMILES string of the molecule is CCCCCC(CC)C1CC2CCC1(C(=O)C13CCC(CC1C(CC)CCCCC)C1OC13)C1OC21. The van der Waals surface area contributed by atoms with Crippen molar-refractivity contribution in [1.29, 1.82) is 0 Å². The minimum absolute atomic E-state index is 0.215. The Kier molecular flexibility index (Phi) is 7.15. The van der Waals surface area contributed by atoms with Crippen LogP contribution in [0.15, 0.2) is 0 Å². The summed E-state index contributed by atoms with van der Waals surface area (Å²) in [6.45, 7) is 9.42. The first kappa shape index (κ1) is 25.8. The number of rotatable bonds is 14. The Balaban J connectivity index is 1.35. The maximum Gasteiger partial charge on any atom is 0.151 e. The van der Waals surface area contributed by atoms with Gasteiger partial charge in [-0.3, -0.25) is 4.79 Å². The number of fused-ring (bicyclic) bond motifs is 4. The van der Waals surface area contributed by atoms with Gasteiger partial charge in [0.25, 0.3) is 0 Å². The van der Waals surface area contributed by atoms with Crippen LogP contribution in [0.2, 0.25) is 0 Å². The van der Waals surface area contributed by atoms with E-state index in [-0.39, 0.29) is 23.0 Å². The molecule has 6 aliphatic carbocycles. The fourth-order valence-electron chi connectivity index (χ4n) is 10.8. The number of ketones is 1. The molecule has 0 aromatic rings. The van der Waals surface area contributed by atoms with Crippen molar-refractivity contribution in [2.75, 3.05) is 0 Å². The van der Waals surface area contributed by atoms with E-state index in [4.69, 9.17) is 9.47 Å². The zero-order chi connectivity index (χ0) is 25.1. The quantitative estimate of drug-likeness (QED) is 0.179. The molecule has 0 aromatic heterocycles. The summed E-state index contributed by atoms with van der Waals surface area (Å²) in [6.07, 6.45) is 21.4. The molecule has 2 heterocycles. The second kappa shape index (κ2) is 9.96. The van der Waals surface area contributed by atoms with E-state index in [1.54, 1.807) is 0 Å². The number of hydrogen-bond donors (Lipinski definition) is 0. The minimum Gasteiger partial charge on any atom is -0.368 e. The summed E-state index contributed by atoms with van der Waals surface area (Å²) in [6, 6.07) is 0. The van der Waals surface area contributed by atoms with Crippen LogP contribution in [0.4, 0.5) is 0 Å². The van der Waals surface area contributed by atoms with E-state index in [0.29, 0.717) is 53.5 Å². The summed E-state index contributed by atoms with van der Waals surface area (Å²) in [5.41, 5.74) is -0.431. The Morgan fingerprint density at radius 1 is 0.722 bits per heavy atom. The van der Waals surface area contributed by atoms with Crippen LogP contribution in [-0.2, 0) is 14.3 Å². The van der Waals surface area contributed by atoms with E-state index in [9.17, 15) is 0 Å². The largest absolute Gasteiger partial charge is 0.368 e. The maximum absolute atomic E-state index is 15.5. The van der Waals surface area contributed by atoms with Crippen molar-refractivity contribution in [2.24, 2.45) is 46.3 Å². The molecule has 3 nitrogen and oxygen atoms in total. The van der Waals surface area contributed by atoms with Gasteiger partial charge in [-0.25, -0.2) is 0 Å². The average Bonchev–Trinajstić information content (AvgIpc) is 3.82. The molecule has 0 aromatic carbocycles. The van der Waals surface area contributed by atoms with Gasteiger partial charge in [-0.2, -0.15) is 0 Å². The molecule has 2 aliphatic heterocycles. The van der Waals surface area contributed by atoms with Crippen molar-refractivity contribution in [3.63, 3.8) is 0 Å². The molecule has 0 N–H and O–H groups in total. The molecule has 0 amide bonds. The van der Waals surface area contributed by atoms with Crippen LogP contribution in [0, 0.1) is 46.3 Å². The number of carbonyl (C=O) groups is 1. The first-order valence-corrected chi connectivity index (χ1v) is 16.4. The van der Waals surface area contributed by atoms with Gasteiger partial charge in [0, 0.05) is 0 Å². The summed E-state index contributed by atoms with van der Waals surface area (Å²) in [7, 11) is 0. The predicted octanol–water partition coefficient (Wildman–Crippen LogP) is 8.14. The Morgan fingerprint density at radius 3 is 1.56 bits per heavy atom. The lowest BCUT2D eigenvalue weighted by atomic mass is 9.41. The van der Waals surface area contributed by atoms with Crippen molar-refractivity contribution in [1.82, 2.24) is 0 Å². The predicted molar refractivity (Wildman–Crippen MR) is 145 cm³/mol. The van der Waals surface area contributed by atoms with Crippen LogP contribution in [0.5, 0.6) is 0 Å². The van der Waals surface area contributed by atoms with Gasteiger partial charge in [0.2, 0.25) is 0 Å². The summed E-state index contributed by atoms with van der Waals surface area (Å²) < 4.78 is 13.0. The molecule has 8 rings (SSSR count). The summed E-state index contributed by atoms with van der Waals surface area (Å²) in [5.74, 6) is 4.56. The molecule has 204 valence electrons.